The molecule has 0 spiro atoms. The van der Waals surface area contributed by atoms with Crippen molar-refractivity contribution in [2.45, 2.75) is 27.2 Å². The van der Waals surface area contributed by atoms with Crippen LogP contribution in [0, 0.1) is 17.0 Å². The van der Waals surface area contributed by atoms with Gasteiger partial charge in [0.2, 0.25) is 0 Å². The van der Waals surface area contributed by atoms with Crippen LogP contribution in [0.4, 0.5) is 20.4 Å². The van der Waals surface area contributed by atoms with Crippen molar-refractivity contribution >= 4 is 11.6 Å². The minimum absolute atomic E-state index is 0.00292. The maximum absolute atomic E-state index is 13.2. The van der Waals surface area contributed by atoms with Crippen LogP contribution in [-0.4, -0.2) is 11.5 Å². The molecule has 3 nitrogen and oxygen atoms in total. The molecule has 1 aromatic rings. The summed E-state index contributed by atoms with van der Waals surface area (Å²) in [5.74, 6) is -1.85. The SMILES string of the molecule is CC(C)(C)CCNc1nc(N)c(F)cc1F. The van der Waals surface area contributed by atoms with Gasteiger partial charge in [0.25, 0.3) is 0 Å². The minimum atomic E-state index is -0.834. The van der Waals surface area contributed by atoms with Crippen molar-refractivity contribution in [3.63, 3.8) is 0 Å². The monoisotopic (exact) mass is 229 g/mol. The topological polar surface area (TPSA) is 50.9 Å². The lowest BCUT2D eigenvalue weighted by Gasteiger charge is -2.18. The predicted octanol–water partition coefficient (Wildman–Crippen LogP) is 2.79. The molecule has 1 rings (SSSR count). The van der Waals surface area contributed by atoms with Crippen molar-refractivity contribution in [3.05, 3.63) is 17.7 Å². The molecule has 0 bridgehead atoms. The molecule has 0 aliphatic rings. The van der Waals surface area contributed by atoms with Crippen LogP contribution < -0.4 is 11.1 Å². The first-order chi connectivity index (χ1) is 7.29. The van der Waals surface area contributed by atoms with Gasteiger partial charge in [-0.05, 0) is 11.8 Å². The molecule has 0 amide bonds. The van der Waals surface area contributed by atoms with E-state index in [0.29, 0.717) is 6.54 Å². The highest BCUT2D eigenvalue weighted by molar-refractivity contribution is 5.44. The summed E-state index contributed by atoms with van der Waals surface area (Å²) in [5.41, 5.74) is 5.40. The zero-order valence-electron chi connectivity index (χ0n) is 9.77. The molecule has 1 aromatic heterocycles. The second-order valence-electron chi connectivity index (χ2n) is 4.92. The van der Waals surface area contributed by atoms with Crippen LogP contribution in [0.5, 0.6) is 0 Å². The van der Waals surface area contributed by atoms with Gasteiger partial charge >= 0.3 is 0 Å². The highest BCUT2D eigenvalue weighted by Gasteiger charge is 2.12. The minimum Gasteiger partial charge on any atom is -0.381 e. The predicted molar refractivity (Wildman–Crippen MR) is 61.1 cm³/mol. The average molecular weight is 229 g/mol. The van der Waals surface area contributed by atoms with E-state index in [1.807, 2.05) is 0 Å². The summed E-state index contributed by atoms with van der Waals surface area (Å²) < 4.78 is 26.0. The first-order valence-electron chi connectivity index (χ1n) is 5.15. The van der Waals surface area contributed by atoms with Crippen LogP contribution >= 0.6 is 0 Å². The number of aromatic nitrogens is 1. The summed E-state index contributed by atoms with van der Waals surface area (Å²) in [6, 6.07) is 0.738. The molecule has 5 heteroatoms. The van der Waals surface area contributed by atoms with E-state index >= 15 is 0 Å². The van der Waals surface area contributed by atoms with Crippen molar-refractivity contribution < 1.29 is 8.78 Å². The van der Waals surface area contributed by atoms with Gasteiger partial charge in [0.1, 0.15) is 0 Å². The van der Waals surface area contributed by atoms with Crippen molar-refractivity contribution in [2.24, 2.45) is 5.41 Å². The van der Waals surface area contributed by atoms with Gasteiger partial charge in [0, 0.05) is 12.6 Å². The molecule has 3 N–H and O–H groups in total. The molecule has 0 aliphatic heterocycles. The molecule has 0 aromatic carbocycles. The Kier molecular flexibility index (Phi) is 3.67. The smallest absolute Gasteiger partial charge is 0.168 e. The Hall–Kier alpha value is -1.39. The highest BCUT2D eigenvalue weighted by atomic mass is 19.1. The molecule has 16 heavy (non-hydrogen) atoms. The molecule has 0 atom stereocenters. The summed E-state index contributed by atoms with van der Waals surface area (Å²) in [7, 11) is 0. The van der Waals surface area contributed by atoms with Crippen LogP contribution in [0.15, 0.2) is 6.07 Å². The number of halogens is 2. The number of nitrogens with one attached hydrogen (secondary N) is 1. The number of hydrogen-bond donors (Lipinski definition) is 2. The van der Waals surface area contributed by atoms with E-state index in [4.69, 9.17) is 5.73 Å². The summed E-state index contributed by atoms with van der Waals surface area (Å²) >= 11 is 0. The number of anilines is 2. The Morgan fingerprint density at radius 3 is 2.50 bits per heavy atom. The number of hydrogen-bond acceptors (Lipinski definition) is 3. The average Bonchev–Trinajstić information content (AvgIpc) is 2.11. The fraction of sp³-hybridized carbons (Fsp3) is 0.545. The molecule has 0 aliphatic carbocycles. The zero-order valence-corrected chi connectivity index (χ0v) is 9.77. The first kappa shape index (κ1) is 12.7. The highest BCUT2D eigenvalue weighted by Crippen LogP contribution is 2.20. The Labute approximate surface area is 94.1 Å². The fourth-order valence-electron chi connectivity index (χ4n) is 1.16. The lowest BCUT2D eigenvalue weighted by molar-refractivity contribution is 0.389. The summed E-state index contributed by atoms with van der Waals surface area (Å²) in [4.78, 5) is 3.61. The summed E-state index contributed by atoms with van der Waals surface area (Å²) in [6.07, 6.45) is 0.853. The number of pyridine rings is 1. The summed E-state index contributed by atoms with van der Waals surface area (Å²) in [5, 5.41) is 2.80. The molecule has 0 fully saturated rings. The molecule has 0 saturated carbocycles. The second-order valence-corrected chi connectivity index (χ2v) is 4.92. The molecule has 1 heterocycles. The Bertz CT molecular complexity index is 372. The number of nitrogens with zero attached hydrogens (tertiary/aromatic N) is 1. The van der Waals surface area contributed by atoms with Crippen LogP contribution in [0.25, 0.3) is 0 Å². The van der Waals surface area contributed by atoms with Gasteiger partial charge in [-0.2, -0.15) is 0 Å². The lowest BCUT2D eigenvalue weighted by atomic mass is 9.92. The van der Waals surface area contributed by atoms with Gasteiger partial charge in [-0.25, -0.2) is 13.8 Å². The van der Waals surface area contributed by atoms with E-state index in [1.54, 1.807) is 0 Å². The molecule has 0 saturated heterocycles. The third-order valence-corrected chi connectivity index (χ3v) is 2.12. The van der Waals surface area contributed by atoms with Crippen LogP contribution in [0.2, 0.25) is 0 Å². The molecule has 90 valence electrons. The van der Waals surface area contributed by atoms with Gasteiger partial charge in [0.15, 0.2) is 23.3 Å². The lowest BCUT2D eigenvalue weighted by Crippen LogP contribution is -2.14. The molecular formula is C11H17F2N3. The van der Waals surface area contributed by atoms with Gasteiger partial charge in [-0.3, -0.25) is 0 Å². The maximum Gasteiger partial charge on any atom is 0.168 e. The zero-order chi connectivity index (χ0) is 12.3. The quantitative estimate of drug-likeness (QED) is 0.838. The Morgan fingerprint density at radius 1 is 1.31 bits per heavy atom. The number of nitrogen functional groups attached to an aromatic ring is 1. The Morgan fingerprint density at radius 2 is 1.94 bits per heavy atom. The van der Waals surface area contributed by atoms with Gasteiger partial charge in [0.05, 0.1) is 0 Å². The van der Waals surface area contributed by atoms with E-state index < -0.39 is 11.6 Å². The van der Waals surface area contributed by atoms with Crippen molar-refractivity contribution in [2.75, 3.05) is 17.6 Å². The van der Waals surface area contributed by atoms with Crippen molar-refractivity contribution in [1.29, 1.82) is 0 Å². The summed E-state index contributed by atoms with van der Waals surface area (Å²) in [6.45, 7) is 6.81. The maximum atomic E-state index is 13.2. The third kappa shape index (κ3) is 3.64. The van der Waals surface area contributed by atoms with E-state index in [9.17, 15) is 8.78 Å². The van der Waals surface area contributed by atoms with Crippen molar-refractivity contribution in [1.82, 2.24) is 4.98 Å². The van der Waals surface area contributed by atoms with Gasteiger partial charge in [-0.15, -0.1) is 0 Å². The van der Waals surface area contributed by atoms with E-state index in [0.717, 1.165) is 12.5 Å². The van der Waals surface area contributed by atoms with E-state index in [2.05, 4.69) is 31.1 Å². The Balaban J connectivity index is 2.64. The molecule has 0 unspecified atom stereocenters. The first-order valence-corrected chi connectivity index (χ1v) is 5.15. The van der Waals surface area contributed by atoms with Crippen LogP contribution in [0.3, 0.4) is 0 Å². The van der Waals surface area contributed by atoms with Gasteiger partial charge < -0.3 is 11.1 Å². The van der Waals surface area contributed by atoms with Crippen LogP contribution in [-0.2, 0) is 0 Å². The molecule has 0 radical (unpaired) electrons. The fourth-order valence-corrected chi connectivity index (χ4v) is 1.16. The largest absolute Gasteiger partial charge is 0.381 e. The number of nitrogens with two attached hydrogens (primary N) is 1. The standard InChI is InChI=1S/C11H17F2N3/c1-11(2,3)4-5-15-10-8(13)6-7(12)9(14)16-10/h6H,4-5H2,1-3H3,(H3,14,15,16). The molecular weight excluding hydrogens is 212 g/mol. The van der Waals surface area contributed by atoms with Crippen molar-refractivity contribution in [3.8, 4) is 0 Å². The van der Waals surface area contributed by atoms with E-state index in [-0.39, 0.29) is 17.1 Å². The normalized spacial score (nSPS) is 11.6. The van der Waals surface area contributed by atoms with E-state index in [1.165, 1.54) is 0 Å². The number of rotatable bonds is 3. The second kappa shape index (κ2) is 4.63. The van der Waals surface area contributed by atoms with Crippen LogP contribution in [0.1, 0.15) is 27.2 Å². The van der Waals surface area contributed by atoms with Gasteiger partial charge in [-0.1, -0.05) is 20.8 Å². The third-order valence-electron chi connectivity index (χ3n) is 2.12.